The number of hydrogen-bond donors (Lipinski definition) is 1. The third-order valence-corrected chi connectivity index (χ3v) is 3.06. The van der Waals surface area contributed by atoms with E-state index in [1.807, 2.05) is 6.92 Å². The smallest absolute Gasteiger partial charge is 0.330 e. The Kier molecular flexibility index (Phi) is 3.83. The zero-order valence-electron chi connectivity index (χ0n) is 9.72. The summed E-state index contributed by atoms with van der Waals surface area (Å²) in [6.45, 7) is 2.15. The van der Waals surface area contributed by atoms with Gasteiger partial charge in [0.2, 0.25) is 0 Å². The Morgan fingerprint density at radius 3 is 3.11 bits per heavy atom. The lowest BCUT2D eigenvalue weighted by atomic mass is 10.3. The van der Waals surface area contributed by atoms with Crippen LogP contribution in [0.4, 0.5) is 0 Å². The molecule has 18 heavy (non-hydrogen) atoms. The van der Waals surface area contributed by atoms with Crippen molar-refractivity contribution < 1.29 is 9.90 Å². The molecule has 7 heteroatoms. The maximum absolute atomic E-state index is 11.1. The SMILES string of the molecule is Cc1cnc(C=NC(Cn2cccn2)C(=O)O)s1. The number of thiazole rings is 1. The van der Waals surface area contributed by atoms with Gasteiger partial charge in [-0.25, -0.2) is 9.78 Å². The lowest BCUT2D eigenvalue weighted by molar-refractivity contribution is -0.138. The van der Waals surface area contributed by atoms with Gasteiger partial charge in [-0.3, -0.25) is 9.67 Å². The molecule has 0 aliphatic carbocycles. The van der Waals surface area contributed by atoms with Crippen LogP contribution in [0.1, 0.15) is 9.88 Å². The van der Waals surface area contributed by atoms with Crippen molar-refractivity contribution in [2.24, 2.45) is 4.99 Å². The predicted octanol–water partition coefficient (Wildman–Crippen LogP) is 1.22. The van der Waals surface area contributed by atoms with Crippen molar-refractivity contribution in [3.05, 3.63) is 34.5 Å². The van der Waals surface area contributed by atoms with E-state index in [0.717, 1.165) is 4.88 Å². The highest BCUT2D eigenvalue weighted by Crippen LogP contribution is 2.09. The van der Waals surface area contributed by atoms with Gasteiger partial charge in [-0.1, -0.05) is 0 Å². The molecule has 0 spiro atoms. The van der Waals surface area contributed by atoms with Crippen LogP contribution in [0.5, 0.6) is 0 Å². The van der Waals surface area contributed by atoms with Crippen molar-refractivity contribution in [1.82, 2.24) is 14.8 Å². The van der Waals surface area contributed by atoms with Gasteiger partial charge in [0.05, 0.1) is 12.8 Å². The summed E-state index contributed by atoms with van der Waals surface area (Å²) in [7, 11) is 0. The van der Waals surface area contributed by atoms with Gasteiger partial charge < -0.3 is 5.11 Å². The number of hydrogen-bond acceptors (Lipinski definition) is 5. The topological polar surface area (TPSA) is 80.4 Å². The van der Waals surface area contributed by atoms with Crippen molar-refractivity contribution in [1.29, 1.82) is 0 Å². The summed E-state index contributed by atoms with van der Waals surface area (Å²) in [6, 6.07) is 0.890. The van der Waals surface area contributed by atoms with E-state index in [9.17, 15) is 4.79 Å². The van der Waals surface area contributed by atoms with Gasteiger partial charge >= 0.3 is 5.97 Å². The van der Waals surface area contributed by atoms with Crippen LogP contribution in [0.3, 0.4) is 0 Å². The minimum Gasteiger partial charge on any atom is -0.480 e. The van der Waals surface area contributed by atoms with Crippen LogP contribution in [0.2, 0.25) is 0 Å². The second-order valence-electron chi connectivity index (χ2n) is 3.67. The van der Waals surface area contributed by atoms with Crippen molar-refractivity contribution >= 4 is 23.5 Å². The van der Waals surface area contributed by atoms with Gasteiger partial charge in [-0.15, -0.1) is 11.3 Å². The molecule has 1 atom stereocenters. The number of carbonyl (C=O) groups is 1. The van der Waals surface area contributed by atoms with Gasteiger partial charge in [-0.2, -0.15) is 5.10 Å². The lowest BCUT2D eigenvalue weighted by Gasteiger charge is -2.06. The van der Waals surface area contributed by atoms with E-state index in [4.69, 9.17) is 5.11 Å². The Morgan fingerprint density at radius 2 is 2.56 bits per heavy atom. The quantitative estimate of drug-likeness (QED) is 0.823. The molecule has 0 aliphatic rings. The molecule has 0 radical (unpaired) electrons. The Balaban J connectivity index is 2.06. The van der Waals surface area contributed by atoms with Gasteiger partial charge in [0.25, 0.3) is 0 Å². The minimum absolute atomic E-state index is 0.211. The van der Waals surface area contributed by atoms with Gasteiger partial charge in [0.1, 0.15) is 5.01 Å². The summed E-state index contributed by atoms with van der Waals surface area (Å²) in [5, 5.41) is 13.8. The first-order chi connectivity index (χ1) is 8.65. The van der Waals surface area contributed by atoms with Crippen molar-refractivity contribution in [2.75, 3.05) is 0 Å². The first kappa shape index (κ1) is 12.4. The number of aliphatic imine (C=N–C) groups is 1. The third kappa shape index (κ3) is 3.24. The highest BCUT2D eigenvalue weighted by atomic mass is 32.1. The van der Waals surface area contributed by atoms with Crippen LogP contribution in [-0.2, 0) is 11.3 Å². The highest BCUT2D eigenvalue weighted by molar-refractivity contribution is 7.13. The summed E-state index contributed by atoms with van der Waals surface area (Å²) in [6.07, 6.45) is 6.54. The summed E-state index contributed by atoms with van der Waals surface area (Å²) in [4.78, 5) is 20.3. The molecule has 2 heterocycles. The number of aliphatic carboxylic acids is 1. The van der Waals surface area contributed by atoms with Crippen molar-refractivity contribution in [3.63, 3.8) is 0 Å². The molecule has 2 aromatic heterocycles. The first-order valence-corrected chi connectivity index (χ1v) is 6.12. The monoisotopic (exact) mass is 264 g/mol. The Bertz CT molecular complexity index is 547. The average molecular weight is 264 g/mol. The van der Waals surface area contributed by atoms with Crippen LogP contribution >= 0.6 is 11.3 Å². The number of aromatic nitrogens is 3. The predicted molar refractivity (Wildman–Crippen MR) is 68.1 cm³/mol. The number of aryl methyl sites for hydroxylation is 1. The van der Waals surface area contributed by atoms with Crippen LogP contribution in [-0.4, -0.2) is 38.1 Å². The van der Waals surface area contributed by atoms with E-state index < -0.39 is 12.0 Å². The molecular weight excluding hydrogens is 252 g/mol. The van der Waals surface area contributed by atoms with Crippen molar-refractivity contribution in [3.8, 4) is 0 Å². The van der Waals surface area contributed by atoms with Crippen LogP contribution in [0.25, 0.3) is 0 Å². The summed E-state index contributed by atoms with van der Waals surface area (Å²) < 4.78 is 1.54. The minimum atomic E-state index is -0.977. The van der Waals surface area contributed by atoms with E-state index in [1.54, 1.807) is 29.3 Å². The van der Waals surface area contributed by atoms with Gasteiger partial charge in [0.15, 0.2) is 6.04 Å². The van der Waals surface area contributed by atoms with Gasteiger partial charge in [0, 0.05) is 23.5 Å². The number of carboxylic acids is 1. The molecule has 0 amide bonds. The zero-order valence-corrected chi connectivity index (χ0v) is 10.5. The summed E-state index contributed by atoms with van der Waals surface area (Å²) in [5.74, 6) is -0.977. The second-order valence-corrected chi connectivity index (χ2v) is 4.94. The fraction of sp³-hybridized carbons (Fsp3) is 0.273. The van der Waals surface area contributed by atoms with E-state index in [-0.39, 0.29) is 6.54 Å². The van der Waals surface area contributed by atoms with Gasteiger partial charge in [-0.05, 0) is 13.0 Å². The summed E-state index contributed by atoms with van der Waals surface area (Å²) >= 11 is 1.47. The largest absolute Gasteiger partial charge is 0.480 e. The normalized spacial score (nSPS) is 12.9. The first-order valence-electron chi connectivity index (χ1n) is 5.31. The van der Waals surface area contributed by atoms with Crippen LogP contribution in [0, 0.1) is 6.92 Å². The maximum atomic E-state index is 11.1. The molecule has 1 N–H and O–H groups in total. The Labute approximate surface area is 108 Å². The summed E-state index contributed by atoms with van der Waals surface area (Å²) in [5.41, 5.74) is 0. The van der Waals surface area contributed by atoms with E-state index in [2.05, 4.69) is 15.1 Å². The average Bonchev–Trinajstić information content (AvgIpc) is 2.95. The molecule has 6 nitrogen and oxygen atoms in total. The molecule has 0 aromatic carbocycles. The highest BCUT2D eigenvalue weighted by Gasteiger charge is 2.16. The standard InChI is InChI=1S/C11H12N4O2S/c1-8-5-13-10(18-8)6-12-9(11(16)17)7-15-4-2-3-14-15/h2-6,9H,7H2,1H3,(H,16,17). The fourth-order valence-electron chi connectivity index (χ4n) is 1.36. The second kappa shape index (κ2) is 5.54. The van der Waals surface area contributed by atoms with E-state index >= 15 is 0 Å². The van der Waals surface area contributed by atoms with E-state index in [0.29, 0.717) is 5.01 Å². The molecule has 0 saturated carbocycles. The fourth-order valence-corrected chi connectivity index (χ4v) is 2.01. The van der Waals surface area contributed by atoms with Crippen LogP contribution in [0.15, 0.2) is 29.6 Å². The third-order valence-electron chi connectivity index (χ3n) is 2.21. The molecule has 0 fully saturated rings. The molecule has 94 valence electrons. The number of nitrogens with zero attached hydrogens (tertiary/aromatic N) is 4. The number of rotatable bonds is 5. The van der Waals surface area contributed by atoms with Crippen molar-refractivity contribution in [2.45, 2.75) is 19.5 Å². The van der Waals surface area contributed by atoms with E-state index in [1.165, 1.54) is 17.6 Å². The Hall–Kier alpha value is -2.02. The molecule has 0 aliphatic heterocycles. The maximum Gasteiger partial charge on any atom is 0.330 e. The molecule has 2 aromatic rings. The molecular formula is C11H12N4O2S. The molecule has 2 rings (SSSR count). The Morgan fingerprint density at radius 1 is 1.72 bits per heavy atom. The van der Waals surface area contributed by atoms with Crippen LogP contribution < -0.4 is 0 Å². The molecule has 1 unspecified atom stereocenters. The number of carboxylic acid groups (broad SMARTS) is 1. The lowest BCUT2D eigenvalue weighted by Crippen LogP contribution is -2.24. The molecule has 0 saturated heterocycles. The zero-order chi connectivity index (χ0) is 13.0. The molecule has 0 bridgehead atoms.